The zero-order valence-electron chi connectivity index (χ0n) is 9.95. The Morgan fingerprint density at radius 1 is 1.44 bits per heavy atom. The van der Waals surface area contributed by atoms with Gasteiger partial charge in [0.25, 0.3) is 6.43 Å². The number of aliphatic imine (C=N–C) groups is 1. The van der Waals surface area contributed by atoms with Crippen LogP contribution in [0.15, 0.2) is 23.2 Å². The first-order chi connectivity index (χ1) is 8.64. The molecule has 0 bridgehead atoms. The van der Waals surface area contributed by atoms with Gasteiger partial charge < -0.3 is 4.74 Å². The predicted molar refractivity (Wildman–Crippen MR) is 61.6 cm³/mol. The van der Waals surface area contributed by atoms with Crippen molar-refractivity contribution in [1.82, 2.24) is 0 Å². The molecule has 0 aromatic heterocycles. The molecule has 3 nitrogen and oxygen atoms in total. The molecule has 0 heterocycles. The third kappa shape index (κ3) is 1.91. The quantitative estimate of drug-likeness (QED) is 0.609. The van der Waals surface area contributed by atoms with Crippen molar-refractivity contribution in [3.8, 4) is 5.75 Å². The van der Waals surface area contributed by atoms with Gasteiger partial charge in [0.1, 0.15) is 5.75 Å². The van der Waals surface area contributed by atoms with E-state index in [1.807, 2.05) is 0 Å². The third-order valence-corrected chi connectivity index (χ3v) is 3.45. The lowest BCUT2D eigenvalue weighted by Gasteiger charge is -2.38. The second-order valence-electron chi connectivity index (χ2n) is 4.31. The number of benzene rings is 1. The fourth-order valence-corrected chi connectivity index (χ4v) is 2.39. The Hall–Kier alpha value is -1.74. The van der Waals surface area contributed by atoms with Crippen LogP contribution in [-0.4, -0.2) is 13.2 Å². The number of methoxy groups -OCH3 is 1. The van der Waals surface area contributed by atoms with Gasteiger partial charge in [-0.1, -0.05) is 12.1 Å². The van der Waals surface area contributed by atoms with E-state index >= 15 is 0 Å². The Morgan fingerprint density at radius 3 is 2.61 bits per heavy atom. The normalized spacial score (nSPS) is 16.9. The maximum atomic E-state index is 13.2. The smallest absolute Gasteiger partial charge is 0.267 e. The van der Waals surface area contributed by atoms with Crippen molar-refractivity contribution in [2.24, 2.45) is 4.99 Å². The molecule has 0 N–H and O–H groups in total. The Bertz CT molecular complexity index is 492. The van der Waals surface area contributed by atoms with Crippen molar-refractivity contribution in [2.75, 3.05) is 7.11 Å². The van der Waals surface area contributed by atoms with Gasteiger partial charge >= 0.3 is 0 Å². The molecule has 5 heteroatoms. The highest BCUT2D eigenvalue weighted by molar-refractivity contribution is 5.48. The van der Waals surface area contributed by atoms with Gasteiger partial charge in [-0.15, -0.1) is 0 Å². The lowest BCUT2D eigenvalue weighted by molar-refractivity contribution is 0.139. The van der Waals surface area contributed by atoms with E-state index in [0.717, 1.165) is 6.42 Å². The molecular formula is C13H13F2NO2. The first kappa shape index (κ1) is 12.7. The van der Waals surface area contributed by atoms with Crippen LogP contribution in [0.5, 0.6) is 5.75 Å². The summed E-state index contributed by atoms with van der Waals surface area (Å²) < 4.78 is 31.3. The van der Waals surface area contributed by atoms with Gasteiger partial charge in [0, 0.05) is 0 Å². The Kier molecular flexibility index (Phi) is 3.43. The molecule has 0 radical (unpaired) electrons. The van der Waals surface area contributed by atoms with Crippen LogP contribution in [0.2, 0.25) is 0 Å². The second-order valence-corrected chi connectivity index (χ2v) is 4.31. The molecule has 0 aliphatic heterocycles. The number of alkyl halides is 2. The molecule has 1 aromatic carbocycles. The number of carbonyl (C=O) groups excluding carboxylic acids is 1. The van der Waals surface area contributed by atoms with Crippen LogP contribution in [0.1, 0.15) is 36.8 Å². The molecule has 1 fully saturated rings. The van der Waals surface area contributed by atoms with Crippen molar-refractivity contribution >= 4 is 6.08 Å². The maximum absolute atomic E-state index is 13.2. The van der Waals surface area contributed by atoms with E-state index in [1.165, 1.54) is 19.3 Å². The third-order valence-electron chi connectivity index (χ3n) is 3.45. The molecule has 0 amide bonds. The molecule has 0 unspecified atom stereocenters. The van der Waals surface area contributed by atoms with Crippen LogP contribution in [0, 0.1) is 0 Å². The van der Waals surface area contributed by atoms with Crippen molar-refractivity contribution in [3.63, 3.8) is 0 Å². The minimum atomic E-state index is -2.66. The summed E-state index contributed by atoms with van der Waals surface area (Å²) in [4.78, 5) is 14.3. The minimum absolute atomic E-state index is 0.134. The van der Waals surface area contributed by atoms with Crippen LogP contribution in [0.3, 0.4) is 0 Å². The van der Waals surface area contributed by atoms with E-state index in [2.05, 4.69) is 4.99 Å². The van der Waals surface area contributed by atoms with Gasteiger partial charge in [-0.05, 0) is 30.9 Å². The molecule has 1 aliphatic carbocycles. The monoisotopic (exact) mass is 253 g/mol. The van der Waals surface area contributed by atoms with Gasteiger partial charge in [0.2, 0.25) is 6.08 Å². The van der Waals surface area contributed by atoms with E-state index in [1.54, 1.807) is 12.1 Å². The molecular weight excluding hydrogens is 240 g/mol. The number of ether oxygens (including phenoxy) is 1. The van der Waals surface area contributed by atoms with E-state index in [-0.39, 0.29) is 11.3 Å². The topological polar surface area (TPSA) is 38.7 Å². The average Bonchev–Trinajstić information content (AvgIpc) is 2.32. The van der Waals surface area contributed by atoms with Crippen LogP contribution >= 0.6 is 0 Å². The van der Waals surface area contributed by atoms with E-state index < -0.39 is 12.0 Å². The number of rotatable bonds is 4. The van der Waals surface area contributed by atoms with Gasteiger partial charge in [-0.3, -0.25) is 0 Å². The number of isocyanates is 1. The summed E-state index contributed by atoms with van der Waals surface area (Å²) in [5, 5.41) is 0. The SMILES string of the molecule is COc1cccc(C2(N=C=O)CCC2)c1C(F)F. The fraction of sp³-hybridized carbons (Fsp3) is 0.462. The molecule has 1 aliphatic rings. The van der Waals surface area contributed by atoms with Crippen molar-refractivity contribution < 1.29 is 18.3 Å². The summed E-state index contributed by atoms with van der Waals surface area (Å²) >= 11 is 0. The van der Waals surface area contributed by atoms with E-state index in [0.29, 0.717) is 18.4 Å². The van der Waals surface area contributed by atoms with Gasteiger partial charge in [0.05, 0.1) is 18.2 Å². The van der Waals surface area contributed by atoms with Crippen LogP contribution in [0.4, 0.5) is 8.78 Å². The number of nitrogens with zero attached hydrogens (tertiary/aromatic N) is 1. The van der Waals surface area contributed by atoms with Gasteiger partial charge in [-0.2, -0.15) is 4.99 Å². The molecule has 18 heavy (non-hydrogen) atoms. The van der Waals surface area contributed by atoms with Crippen LogP contribution in [-0.2, 0) is 10.3 Å². The summed E-state index contributed by atoms with van der Waals surface area (Å²) in [7, 11) is 1.35. The van der Waals surface area contributed by atoms with Crippen LogP contribution < -0.4 is 4.74 Å². The Labute approximate surface area is 103 Å². The van der Waals surface area contributed by atoms with Crippen molar-refractivity contribution in [2.45, 2.75) is 31.2 Å². The first-order valence-corrected chi connectivity index (χ1v) is 5.69. The lowest BCUT2D eigenvalue weighted by Crippen LogP contribution is -2.33. The number of halogens is 2. The average molecular weight is 253 g/mol. The highest BCUT2D eigenvalue weighted by atomic mass is 19.3. The largest absolute Gasteiger partial charge is 0.496 e. The van der Waals surface area contributed by atoms with E-state index in [9.17, 15) is 13.6 Å². The number of hydrogen-bond donors (Lipinski definition) is 0. The first-order valence-electron chi connectivity index (χ1n) is 5.69. The summed E-state index contributed by atoms with van der Waals surface area (Å²) in [6.45, 7) is 0. The van der Waals surface area contributed by atoms with E-state index in [4.69, 9.17) is 4.74 Å². The Morgan fingerprint density at radius 2 is 2.17 bits per heavy atom. The zero-order valence-corrected chi connectivity index (χ0v) is 9.95. The summed E-state index contributed by atoms with van der Waals surface area (Å²) in [5.74, 6) is 0.134. The van der Waals surface area contributed by atoms with Crippen LogP contribution in [0.25, 0.3) is 0 Å². The second kappa shape index (κ2) is 4.86. The number of hydrogen-bond acceptors (Lipinski definition) is 3. The van der Waals surface area contributed by atoms with Gasteiger partial charge in [-0.25, -0.2) is 13.6 Å². The maximum Gasteiger partial charge on any atom is 0.267 e. The molecule has 2 rings (SSSR count). The predicted octanol–water partition coefficient (Wildman–Crippen LogP) is 3.35. The summed E-state index contributed by atoms with van der Waals surface area (Å²) in [5.41, 5.74) is -0.618. The van der Waals surface area contributed by atoms with Crippen molar-refractivity contribution in [3.05, 3.63) is 29.3 Å². The standard InChI is InChI=1S/C13H13F2NO2/c1-18-10-5-2-4-9(11(10)12(14)15)13(16-8-17)6-3-7-13/h2,4-5,12H,3,6-7H2,1H3. The molecule has 96 valence electrons. The van der Waals surface area contributed by atoms with Gasteiger partial charge in [0.15, 0.2) is 0 Å². The molecule has 0 spiro atoms. The highest BCUT2D eigenvalue weighted by Gasteiger charge is 2.42. The van der Waals surface area contributed by atoms with Crippen molar-refractivity contribution in [1.29, 1.82) is 0 Å². The molecule has 0 atom stereocenters. The fourth-order valence-electron chi connectivity index (χ4n) is 2.39. The summed E-state index contributed by atoms with van der Waals surface area (Å²) in [6.07, 6.45) is 0.896. The molecule has 1 saturated carbocycles. The summed E-state index contributed by atoms with van der Waals surface area (Å²) in [6, 6.07) is 4.71. The lowest BCUT2D eigenvalue weighted by atomic mass is 9.71. The molecule has 0 saturated heterocycles. The Balaban J connectivity index is 2.59. The minimum Gasteiger partial charge on any atom is -0.496 e. The zero-order chi connectivity index (χ0) is 13.2. The highest BCUT2D eigenvalue weighted by Crippen LogP contribution is 2.49. The molecule has 1 aromatic rings.